The lowest BCUT2D eigenvalue weighted by atomic mass is 9.80. The first-order chi connectivity index (χ1) is 8.66. The minimum absolute atomic E-state index is 0.0847. The third kappa shape index (κ3) is 2.25. The number of H-pyrrole nitrogens is 1. The Bertz CT molecular complexity index is 555. The van der Waals surface area contributed by atoms with E-state index in [1.807, 2.05) is 18.2 Å². The summed E-state index contributed by atoms with van der Waals surface area (Å²) in [6.07, 6.45) is 6.79. The Morgan fingerprint density at radius 1 is 1.28 bits per heavy atom. The molecule has 2 aromatic rings. The van der Waals surface area contributed by atoms with E-state index in [1.54, 1.807) is 0 Å². The Labute approximate surface area is 112 Å². The van der Waals surface area contributed by atoms with Crippen molar-refractivity contribution in [3.63, 3.8) is 0 Å². The van der Waals surface area contributed by atoms with Crippen LogP contribution < -0.4 is 5.73 Å². The Balaban J connectivity index is 1.88. The number of rotatable bonds is 2. The number of imidazole rings is 1. The topological polar surface area (TPSA) is 54.7 Å². The molecular weight excluding hydrogens is 246 g/mol. The minimum Gasteiger partial charge on any atom is -0.342 e. The van der Waals surface area contributed by atoms with E-state index in [0.29, 0.717) is 5.02 Å². The first-order valence-electron chi connectivity index (χ1n) is 6.58. The molecule has 0 atom stereocenters. The number of fused-ring (bicyclic) bond motifs is 1. The lowest BCUT2D eigenvalue weighted by Crippen LogP contribution is -2.44. The second-order valence-electron chi connectivity index (χ2n) is 5.42. The molecule has 18 heavy (non-hydrogen) atoms. The smallest absolute Gasteiger partial charge is 0.109 e. The third-order valence-corrected chi connectivity index (χ3v) is 4.19. The maximum Gasteiger partial charge on any atom is 0.109 e. The molecule has 0 radical (unpaired) electrons. The van der Waals surface area contributed by atoms with Gasteiger partial charge in [-0.15, -0.1) is 0 Å². The molecule has 1 aliphatic carbocycles. The van der Waals surface area contributed by atoms with Gasteiger partial charge in [-0.25, -0.2) is 4.98 Å². The normalized spacial score (nSPS) is 19.2. The molecule has 0 spiro atoms. The molecule has 3 nitrogen and oxygen atoms in total. The molecule has 1 fully saturated rings. The fourth-order valence-electron chi connectivity index (χ4n) is 2.90. The van der Waals surface area contributed by atoms with Crippen LogP contribution in [-0.2, 0) is 6.42 Å². The van der Waals surface area contributed by atoms with Crippen molar-refractivity contribution in [1.82, 2.24) is 9.97 Å². The predicted molar refractivity (Wildman–Crippen MR) is 74.8 cm³/mol. The van der Waals surface area contributed by atoms with E-state index in [2.05, 4.69) is 9.97 Å². The SMILES string of the molecule is NC1(Cc2nc3c(Cl)cccc3[nH]2)CCCCC1. The van der Waals surface area contributed by atoms with Crippen molar-refractivity contribution in [3.8, 4) is 0 Å². The summed E-state index contributed by atoms with van der Waals surface area (Å²) >= 11 is 6.13. The quantitative estimate of drug-likeness (QED) is 0.872. The Morgan fingerprint density at radius 2 is 2.06 bits per heavy atom. The van der Waals surface area contributed by atoms with Crippen LogP contribution >= 0.6 is 11.6 Å². The largest absolute Gasteiger partial charge is 0.342 e. The summed E-state index contributed by atoms with van der Waals surface area (Å²) in [7, 11) is 0. The van der Waals surface area contributed by atoms with Crippen LogP contribution in [0, 0.1) is 0 Å². The standard InChI is InChI=1S/C14H18ClN3/c15-10-5-4-6-11-13(10)18-12(17-11)9-14(16)7-2-1-3-8-14/h4-6H,1-3,7-9,16H2,(H,17,18). The first kappa shape index (κ1) is 12.0. The summed E-state index contributed by atoms with van der Waals surface area (Å²) < 4.78 is 0. The van der Waals surface area contributed by atoms with E-state index >= 15 is 0 Å². The lowest BCUT2D eigenvalue weighted by molar-refractivity contribution is 0.290. The number of nitrogens with one attached hydrogen (secondary N) is 1. The molecule has 0 unspecified atom stereocenters. The predicted octanol–water partition coefficient (Wildman–Crippen LogP) is 3.42. The van der Waals surface area contributed by atoms with Gasteiger partial charge in [-0.2, -0.15) is 0 Å². The molecule has 0 aliphatic heterocycles. The highest BCUT2D eigenvalue weighted by molar-refractivity contribution is 6.34. The Kier molecular flexibility index (Phi) is 3.04. The van der Waals surface area contributed by atoms with Gasteiger partial charge in [-0.3, -0.25) is 0 Å². The molecular formula is C14H18ClN3. The maximum atomic E-state index is 6.46. The zero-order valence-corrected chi connectivity index (χ0v) is 11.1. The summed E-state index contributed by atoms with van der Waals surface area (Å²) in [5.74, 6) is 0.961. The zero-order chi connectivity index (χ0) is 12.6. The van der Waals surface area contributed by atoms with Crippen LogP contribution in [0.3, 0.4) is 0 Å². The van der Waals surface area contributed by atoms with Crippen molar-refractivity contribution >= 4 is 22.6 Å². The molecule has 1 aliphatic rings. The molecule has 96 valence electrons. The Hall–Kier alpha value is -1.06. The van der Waals surface area contributed by atoms with Crippen LogP contribution in [0.25, 0.3) is 11.0 Å². The molecule has 1 saturated carbocycles. The first-order valence-corrected chi connectivity index (χ1v) is 6.96. The number of hydrogen-bond acceptors (Lipinski definition) is 2. The number of aromatic nitrogens is 2. The number of nitrogens with two attached hydrogens (primary N) is 1. The van der Waals surface area contributed by atoms with Crippen molar-refractivity contribution in [2.45, 2.75) is 44.1 Å². The van der Waals surface area contributed by atoms with Crippen LogP contribution in [0.4, 0.5) is 0 Å². The number of benzene rings is 1. The number of aromatic amines is 1. The summed E-state index contributed by atoms with van der Waals surface area (Å²) in [4.78, 5) is 7.92. The fraction of sp³-hybridized carbons (Fsp3) is 0.500. The molecule has 0 amide bonds. The van der Waals surface area contributed by atoms with Gasteiger partial charge < -0.3 is 10.7 Å². The Morgan fingerprint density at radius 3 is 2.78 bits per heavy atom. The molecule has 4 heteroatoms. The maximum absolute atomic E-state index is 6.46. The van der Waals surface area contributed by atoms with Gasteiger partial charge in [0.05, 0.1) is 10.5 Å². The van der Waals surface area contributed by atoms with E-state index in [-0.39, 0.29) is 5.54 Å². The highest BCUT2D eigenvalue weighted by atomic mass is 35.5. The summed E-state index contributed by atoms with van der Waals surface area (Å²) in [6.45, 7) is 0. The van der Waals surface area contributed by atoms with Crippen LogP contribution in [0.1, 0.15) is 37.9 Å². The number of hydrogen-bond donors (Lipinski definition) is 2. The van der Waals surface area contributed by atoms with Gasteiger partial charge in [-0.1, -0.05) is 36.9 Å². The van der Waals surface area contributed by atoms with Gasteiger partial charge in [-0.05, 0) is 25.0 Å². The average Bonchev–Trinajstić information content (AvgIpc) is 2.73. The van der Waals surface area contributed by atoms with E-state index in [9.17, 15) is 0 Å². The van der Waals surface area contributed by atoms with E-state index < -0.39 is 0 Å². The van der Waals surface area contributed by atoms with E-state index in [4.69, 9.17) is 17.3 Å². The lowest BCUT2D eigenvalue weighted by Gasteiger charge is -2.32. The van der Waals surface area contributed by atoms with Crippen molar-refractivity contribution in [2.75, 3.05) is 0 Å². The summed E-state index contributed by atoms with van der Waals surface area (Å²) in [5.41, 5.74) is 8.23. The van der Waals surface area contributed by atoms with Gasteiger partial charge >= 0.3 is 0 Å². The molecule has 1 aromatic heterocycles. The fourth-order valence-corrected chi connectivity index (χ4v) is 3.11. The van der Waals surface area contributed by atoms with Crippen molar-refractivity contribution in [3.05, 3.63) is 29.0 Å². The highest BCUT2D eigenvalue weighted by Crippen LogP contribution is 2.29. The molecule has 0 bridgehead atoms. The van der Waals surface area contributed by atoms with Gasteiger partial charge in [0.2, 0.25) is 0 Å². The molecule has 3 N–H and O–H groups in total. The van der Waals surface area contributed by atoms with Crippen LogP contribution in [0.5, 0.6) is 0 Å². The molecule has 1 heterocycles. The van der Waals surface area contributed by atoms with E-state index in [1.165, 1.54) is 19.3 Å². The molecule has 0 saturated heterocycles. The number of halogens is 1. The zero-order valence-electron chi connectivity index (χ0n) is 10.4. The second-order valence-corrected chi connectivity index (χ2v) is 5.83. The van der Waals surface area contributed by atoms with E-state index in [0.717, 1.165) is 36.1 Å². The summed E-state index contributed by atoms with van der Waals surface area (Å²) in [6, 6.07) is 5.81. The number of para-hydroxylation sites is 1. The monoisotopic (exact) mass is 263 g/mol. The molecule has 1 aromatic carbocycles. The van der Waals surface area contributed by atoms with Gasteiger partial charge in [0.15, 0.2) is 0 Å². The van der Waals surface area contributed by atoms with Crippen molar-refractivity contribution in [1.29, 1.82) is 0 Å². The average molecular weight is 264 g/mol. The summed E-state index contributed by atoms with van der Waals surface area (Å²) in [5, 5.41) is 0.699. The van der Waals surface area contributed by atoms with Gasteiger partial charge in [0.1, 0.15) is 11.3 Å². The van der Waals surface area contributed by atoms with Crippen molar-refractivity contribution in [2.24, 2.45) is 5.73 Å². The number of nitrogens with zero attached hydrogens (tertiary/aromatic N) is 1. The minimum atomic E-state index is -0.0847. The van der Waals surface area contributed by atoms with Crippen LogP contribution in [-0.4, -0.2) is 15.5 Å². The second kappa shape index (κ2) is 4.56. The van der Waals surface area contributed by atoms with Gasteiger partial charge in [0, 0.05) is 12.0 Å². The third-order valence-electron chi connectivity index (χ3n) is 3.88. The molecule has 3 rings (SSSR count). The van der Waals surface area contributed by atoms with Crippen molar-refractivity contribution < 1.29 is 0 Å². The highest BCUT2D eigenvalue weighted by Gasteiger charge is 2.28. The van der Waals surface area contributed by atoms with Crippen LogP contribution in [0.2, 0.25) is 5.02 Å². The van der Waals surface area contributed by atoms with Gasteiger partial charge in [0.25, 0.3) is 0 Å². The van der Waals surface area contributed by atoms with Crippen LogP contribution in [0.15, 0.2) is 18.2 Å².